The maximum Gasteiger partial charge on any atom is 0.261 e. The van der Waals surface area contributed by atoms with Crippen LogP contribution in [-0.4, -0.2) is 50.6 Å². The molecule has 0 bridgehead atoms. The second-order valence-corrected chi connectivity index (χ2v) is 12.3. The molecule has 1 aliphatic rings. The molecule has 4 rings (SSSR count). The molecule has 4 N–H and O–H groups in total. The molecule has 0 aliphatic carbocycles. The van der Waals surface area contributed by atoms with Crippen molar-refractivity contribution < 1.29 is 24.5 Å². The summed E-state index contributed by atoms with van der Waals surface area (Å²) in [5.74, 6) is -0.523. The van der Waals surface area contributed by atoms with Gasteiger partial charge in [-0.2, -0.15) is 0 Å². The summed E-state index contributed by atoms with van der Waals surface area (Å²) in [6, 6.07) is 6.20. The number of ether oxygens (including phenoxy) is 1. The third-order valence-corrected chi connectivity index (χ3v) is 9.09. The van der Waals surface area contributed by atoms with E-state index < -0.39 is 24.0 Å². The van der Waals surface area contributed by atoms with E-state index in [-0.39, 0.29) is 23.6 Å². The molecule has 2 atom stereocenters. The Morgan fingerprint density at radius 2 is 2.03 bits per heavy atom. The molecule has 0 spiro atoms. The fourth-order valence-electron chi connectivity index (χ4n) is 4.12. The first-order valence-electron chi connectivity index (χ1n) is 12.2. The molecule has 12 heteroatoms. The lowest BCUT2D eigenvalue weighted by atomic mass is 9.97. The summed E-state index contributed by atoms with van der Waals surface area (Å²) < 4.78 is 7.49. The smallest absolute Gasteiger partial charge is 0.261 e. The second kappa shape index (κ2) is 12.3. The van der Waals surface area contributed by atoms with Gasteiger partial charge in [0.2, 0.25) is 5.91 Å². The zero-order chi connectivity index (χ0) is 27.4. The topological polar surface area (TPSA) is 134 Å². The van der Waals surface area contributed by atoms with Crippen molar-refractivity contribution in [2.75, 3.05) is 11.6 Å². The standard InChI is InChI=1S/C26H30N4O5S3/c1-5-6-7-19(35-18-9-8-13(2)10-14(18)3)24(34)27-16-11-15-21(28-23(16)33)17(31)12-20(22(15)32)37-26-30-29-25(36-4)38-26/h8-10,12,16,19,31-32H,5-7,11H2,1-4H3,(H,27,34)(H,28,33). The Labute approximate surface area is 233 Å². The number of aromatic nitrogens is 2. The first kappa shape index (κ1) is 28.1. The van der Waals surface area contributed by atoms with Crippen LogP contribution in [0.1, 0.15) is 42.9 Å². The van der Waals surface area contributed by atoms with E-state index >= 15 is 0 Å². The number of hydrogen-bond acceptors (Lipinski definition) is 10. The van der Waals surface area contributed by atoms with Gasteiger partial charge < -0.3 is 25.6 Å². The van der Waals surface area contributed by atoms with Crippen molar-refractivity contribution in [3.05, 3.63) is 41.0 Å². The van der Waals surface area contributed by atoms with Crippen LogP contribution in [0.3, 0.4) is 0 Å². The van der Waals surface area contributed by atoms with Gasteiger partial charge >= 0.3 is 0 Å². The molecule has 2 amide bonds. The fraction of sp³-hybridized carbons (Fsp3) is 0.385. The normalized spacial score (nSPS) is 15.5. The summed E-state index contributed by atoms with van der Waals surface area (Å²) in [4.78, 5) is 26.6. The van der Waals surface area contributed by atoms with Crippen LogP contribution in [-0.2, 0) is 16.0 Å². The molecular formula is C26H30N4O5S3. The van der Waals surface area contributed by atoms with Crippen molar-refractivity contribution in [3.63, 3.8) is 0 Å². The fourth-order valence-corrected chi connectivity index (χ4v) is 6.62. The molecule has 0 saturated heterocycles. The van der Waals surface area contributed by atoms with Gasteiger partial charge in [-0.25, -0.2) is 0 Å². The summed E-state index contributed by atoms with van der Waals surface area (Å²) in [5, 5.41) is 35.2. The Balaban J connectivity index is 1.53. The number of phenols is 2. The summed E-state index contributed by atoms with van der Waals surface area (Å²) in [5.41, 5.74) is 2.50. The second-order valence-electron chi connectivity index (χ2n) is 9.01. The number of carbonyl (C=O) groups is 2. The van der Waals surface area contributed by atoms with Crippen LogP contribution in [0.25, 0.3) is 0 Å². The number of aromatic hydroxyl groups is 2. The number of thioether (sulfide) groups is 1. The van der Waals surface area contributed by atoms with Gasteiger partial charge in [0, 0.05) is 12.0 Å². The SMILES string of the molecule is CCCCC(Oc1ccc(C)cc1C)C(=O)NC1Cc2c(O)c(Sc3nnc(SC)s3)cc(O)c2NC1=O. The number of unbranched alkanes of at least 4 members (excludes halogenated alkanes) is 1. The van der Waals surface area contributed by atoms with E-state index in [1.54, 1.807) is 0 Å². The minimum atomic E-state index is -0.947. The molecular weight excluding hydrogens is 545 g/mol. The number of phenolic OH excluding ortho intramolecular Hbond substituents is 2. The predicted molar refractivity (Wildman–Crippen MR) is 150 cm³/mol. The van der Waals surface area contributed by atoms with Gasteiger partial charge in [-0.15, -0.1) is 10.2 Å². The Kier molecular flexibility index (Phi) is 9.06. The molecule has 38 heavy (non-hydrogen) atoms. The van der Waals surface area contributed by atoms with Crippen LogP contribution in [0.2, 0.25) is 0 Å². The molecule has 2 unspecified atom stereocenters. The minimum absolute atomic E-state index is 0.0109. The van der Waals surface area contributed by atoms with E-state index in [2.05, 4.69) is 20.8 Å². The lowest BCUT2D eigenvalue weighted by Crippen LogP contribution is -2.51. The van der Waals surface area contributed by atoms with Crippen molar-refractivity contribution >= 4 is 52.4 Å². The van der Waals surface area contributed by atoms with Crippen molar-refractivity contribution in [2.24, 2.45) is 0 Å². The average molecular weight is 575 g/mol. The monoisotopic (exact) mass is 574 g/mol. The lowest BCUT2D eigenvalue weighted by molar-refractivity contribution is -0.132. The third-order valence-electron chi connectivity index (χ3n) is 6.11. The largest absolute Gasteiger partial charge is 0.506 e. The first-order valence-corrected chi connectivity index (χ1v) is 15.0. The molecule has 3 aromatic rings. The number of aryl methyl sites for hydroxylation is 2. The number of nitrogens with one attached hydrogen (secondary N) is 2. The lowest BCUT2D eigenvalue weighted by Gasteiger charge is -2.29. The van der Waals surface area contributed by atoms with E-state index in [0.29, 0.717) is 27.0 Å². The molecule has 2 aromatic carbocycles. The molecule has 1 aliphatic heterocycles. The van der Waals surface area contributed by atoms with Gasteiger partial charge in [-0.05, 0) is 50.6 Å². The number of fused-ring (bicyclic) bond motifs is 1. The Hall–Kier alpha value is -2.96. The number of anilines is 1. The van der Waals surface area contributed by atoms with Crippen molar-refractivity contribution in [3.8, 4) is 17.2 Å². The van der Waals surface area contributed by atoms with Crippen LogP contribution in [0.15, 0.2) is 37.8 Å². The van der Waals surface area contributed by atoms with Gasteiger partial charge in [0.15, 0.2) is 14.8 Å². The number of hydrogen-bond donors (Lipinski definition) is 4. The number of amides is 2. The number of rotatable bonds is 10. The van der Waals surface area contributed by atoms with E-state index in [9.17, 15) is 19.8 Å². The average Bonchev–Trinajstić information content (AvgIpc) is 3.34. The molecule has 2 heterocycles. The third kappa shape index (κ3) is 6.36. The van der Waals surface area contributed by atoms with Gasteiger partial charge in [0.05, 0.1) is 10.6 Å². The van der Waals surface area contributed by atoms with E-state index in [0.717, 1.165) is 28.3 Å². The zero-order valence-electron chi connectivity index (χ0n) is 21.5. The van der Waals surface area contributed by atoms with Gasteiger partial charge in [-0.1, -0.05) is 65.9 Å². The van der Waals surface area contributed by atoms with Crippen molar-refractivity contribution in [1.82, 2.24) is 15.5 Å². The van der Waals surface area contributed by atoms with Crippen LogP contribution in [0.4, 0.5) is 5.69 Å². The highest BCUT2D eigenvalue weighted by Gasteiger charge is 2.34. The van der Waals surface area contributed by atoms with Gasteiger partial charge in [0.1, 0.15) is 23.3 Å². The molecule has 202 valence electrons. The van der Waals surface area contributed by atoms with Crippen molar-refractivity contribution in [1.29, 1.82) is 0 Å². The highest BCUT2D eigenvalue weighted by atomic mass is 32.2. The van der Waals surface area contributed by atoms with Crippen LogP contribution in [0, 0.1) is 13.8 Å². The highest BCUT2D eigenvalue weighted by Crippen LogP contribution is 2.46. The molecule has 0 radical (unpaired) electrons. The Bertz CT molecular complexity index is 1350. The zero-order valence-corrected chi connectivity index (χ0v) is 24.0. The summed E-state index contributed by atoms with van der Waals surface area (Å²) in [6.07, 6.45) is 3.29. The quantitative estimate of drug-likeness (QED) is 0.149. The van der Waals surface area contributed by atoms with Gasteiger partial charge in [-0.3, -0.25) is 9.59 Å². The van der Waals surface area contributed by atoms with E-state index in [4.69, 9.17) is 4.74 Å². The number of nitrogens with zero attached hydrogens (tertiary/aromatic N) is 2. The maximum absolute atomic E-state index is 13.3. The Morgan fingerprint density at radius 1 is 1.26 bits per heavy atom. The predicted octanol–water partition coefficient (Wildman–Crippen LogP) is 5.06. The van der Waals surface area contributed by atoms with E-state index in [1.807, 2.05) is 45.2 Å². The van der Waals surface area contributed by atoms with Gasteiger partial charge in [0.25, 0.3) is 5.91 Å². The number of benzene rings is 2. The highest BCUT2D eigenvalue weighted by molar-refractivity contribution is 8.03. The maximum atomic E-state index is 13.3. The molecule has 0 saturated carbocycles. The Morgan fingerprint density at radius 3 is 2.71 bits per heavy atom. The summed E-state index contributed by atoms with van der Waals surface area (Å²) >= 11 is 4.01. The van der Waals surface area contributed by atoms with E-state index in [1.165, 1.54) is 40.9 Å². The molecule has 1 aromatic heterocycles. The van der Waals surface area contributed by atoms with Crippen LogP contribution < -0.4 is 15.4 Å². The summed E-state index contributed by atoms with van der Waals surface area (Å²) in [6.45, 7) is 5.95. The minimum Gasteiger partial charge on any atom is -0.506 e. The number of carbonyl (C=O) groups excluding carboxylic acids is 2. The summed E-state index contributed by atoms with van der Waals surface area (Å²) in [7, 11) is 0. The molecule has 9 nitrogen and oxygen atoms in total. The van der Waals surface area contributed by atoms with Crippen LogP contribution >= 0.6 is 34.9 Å². The van der Waals surface area contributed by atoms with Crippen molar-refractivity contribution in [2.45, 2.75) is 72.2 Å². The van der Waals surface area contributed by atoms with Crippen LogP contribution in [0.5, 0.6) is 17.2 Å². The first-order chi connectivity index (χ1) is 18.2. The molecule has 0 fully saturated rings.